The first-order valence-corrected chi connectivity index (χ1v) is 17.3. The molecule has 4 heterocycles. The molecule has 3 aliphatic heterocycles. The van der Waals surface area contributed by atoms with E-state index in [9.17, 15) is 9.50 Å². The van der Waals surface area contributed by atoms with Crippen LogP contribution in [0.15, 0.2) is 30.3 Å². The van der Waals surface area contributed by atoms with Crippen LogP contribution in [0, 0.1) is 35.2 Å². The molecule has 2 unspecified atom stereocenters. The van der Waals surface area contributed by atoms with Crippen molar-refractivity contribution in [3.8, 4) is 35.2 Å². The van der Waals surface area contributed by atoms with Gasteiger partial charge < -0.3 is 29.9 Å². The number of hydrogen-bond donors (Lipinski definition) is 2. The topological polar surface area (TPSA) is 77.0 Å². The molecule has 3 atom stereocenters. The lowest BCUT2D eigenvalue weighted by atomic mass is 9.92. The van der Waals surface area contributed by atoms with Crippen LogP contribution in [0.3, 0.4) is 0 Å². The Balaban J connectivity index is 1.20. The predicted molar refractivity (Wildman–Crippen MR) is 184 cm³/mol. The van der Waals surface area contributed by atoms with E-state index in [1.54, 1.807) is 0 Å². The summed E-state index contributed by atoms with van der Waals surface area (Å²) in [7, 11) is 4.27. The van der Waals surface area contributed by atoms with Crippen molar-refractivity contribution in [2.45, 2.75) is 56.7 Å². The zero-order chi connectivity index (χ0) is 34.0. The number of benzene rings is 3. The van der Waals surface area contributed by atoms with Crippen LogP contribution < -0.4 is 15.0 Å². The maximum absolute atomic E-state index is 16.9. The highest BCUT2D eigenvalue weighted by atomic mass is 19.1. The molecule has 4 aliphatic rings. The third-order valence-electron chi connectivity index (χ3n) is 11.1. The lowest BCUT2D eigenvalue weighted by molar-refractivity contribution is 0.0954. The molecule has 2 bridgehead atoms. The average molecular weight is 671 g/mol. The van der Waals surface area contributed by atoms with Gasteiger partial charge in [0.1, 0.15) is 28.7 Å². The van der Waals surface area contributed by atoms with Crippen molar-refractivity contribution in [3.63, 3.8) is 0 Å². The molecular formula is C38H41F3N6O2. The summed E-state index contributed by atoms with van der Waals surface area (Å²) in [4.78, 5) is 16.3. The van der Waals surface area contributed by atoms with Gasteiger partial charge in [-0.2, -0.15) is 9.97 Å². The molecule has 3 aromatic carbocycles. The van der Waals surface area contributed by atoms with Crippen LogP contribution in [-0.2, 0) is 0 Å². The van der Waals surface area contributed by atoms with E-state index in [1.165, 1.54) is 36.8 Å². The highest BCUT2D eigenvalue weighted by molar-refractivity contribution is 6.04. The van der Waals surface area contributed by atoms with Gasteiger partial charge in [0.05, 0.1) is 17.7 Å². The minimum atomic E-state index is -0.954. The molecule has 0 radical (unpaired) electrons. The van der Waals surface area contributed by atoms with Crippen molar-refractivity contribution in [1.82, 2.24) is 25.1 Å². The fourth-order valence-corrected chi connectivity index (χ4v) is 8.26. The number of nitrogens with one attached hydrogen (secondary N) is 1. The van der Waals surface area contributed by atoms with Gasteiger partial charge in [-0.05, 0) is 88.8 Å². The Morgan fingerprint density at radius 2 is 1.82 bits per heavy atom. The molecule has 4 aromatic rings. The van der Waals surface area contributed by atoms with E-state index in [4.69, 9.17) is 16.1 Å². The molecule has 4 fully saturated rings. The zero-order valence-electron chi connectivity index (χ0n) is 27.9. The molecule has 256 valence electrons. The lowest BCUT2D eigenvalue weighted by Crippen LogP contribution is -2.51. The number of halogens is 3. The van der Waals surface area contributed by atoms with E-state index < -0.39 is 23.0 Å². The SMILES string of the molecule is C#Cc1c(F)ccc2cc(O)cc(-c3c(F)cc4c(N5CC6CCC(C5)N6)nc(OCC5(CN6CCC[C@H](N(C)C)C6)CC5)nc4c3F)c12. The monoisotopic (exact) mass is 670 g/mol. The van der Waals surface area contributed by atoms with Crippen LogP contribution in [0.1, 0.15) is 44.1 Å². The molecule has 11 heteroatoms. The Bertz CT molecular complexity index is 1980. The highest BCUT2D eigenvalue weighted by Gasteiger charge is 2.46. The largest absolute Gasteiger partial charge is 0.508 e. The van der Waals surface area contributed by atoms with Crippen molar-refractivity contribution in [2.75, 3.05) is 58.3 Å². The quantitative estimate of drug-likeness (QED) is 0.232. The summed E-state index contributed by atoms with van der Waals surface area (Å²) >= 11 is 0. The van der Waals surface area contributed by atoms with E-state index in [1.807, 2.05) is 0 Å². The van der Waals surface area contributed by atoms with E-state index in [2.05, 4.69) is 45.0 Å². The number of piperidine rings is 1. The molecule has 0 spiro atoms. The molecule has 2 N–H and O–H groups in total. The number of likely N-dealkylation sites (tertiary alicyclic amines) is 1. The van der Waals surface area contributed by atoms with Gasteiger partial charge in [-0.3, -0.25) is 0 Å². The van der Waals surface area contributed by atoms with Gasteiger partial charge >= 0.3 is 6.01 Å². The van der Waals surface area contributed by atoms with Crippen molar-refractivity contribution in [3.05, 3.63) is 53.3 Å². The Kier molecular flexibility index (Phi) is 8.09. The van der Waals surface area contributed by atoms with Crippen molar-refractivity contribution < 1.29 is 23.0 Å². The average Bonchev–Trinajstić information content (AvgIpc) is 3.76. The first kappa shape index (κ1) is 32.1. The lowest BCUT2D eigenvalue weighted by Gasteiger charge is -2.37. The second-order valence-electron chi connectivity index (χ2n) is 14.8. The van der Waals surface area contributed by atoms with E-state index in [0.29, 0.717) is 36.9 Å². The summed E-state index contributed by atoms with van der Waals surface area (Å²) < 4.78 is 54.5. The van der Waals surface area contributed by atoms with Crippen molar-refractivity contribution in [1.29, 1.82) is 0 Å². The third kappa shape index (κ3) is 5.94. The molecule has 8 nitrogen and oxygen atoms in total. The van der Waals surface area contributed by atoms with Crippen molar-refractivity contribution >= 4 is 27.5 Å². The van der Waals surface area contributed by atoms with Crippen LogP contribution in [0.2, 0.25) is 0 Å². The standard InChI is InChI=1S/C38H41F3N6O2/c1-4-27-30(39)10-7-22-14-26(48)15-28(32(22)27)33-31(40)16-29-35(34(33)41)43-37(44-36(29)47-17-23-8-9-24(18-47)42-23)49-21-38(11-12-38)20-46-13-5-6-25(19-46)45(2)3/h1,7,10,14-16,23-25,42,48H,5-6,8-9,11-13,17-21H2,2-3H3/t23?,24?,25-/m0/s1. The van der Waals surface area contributed by atoms with Crippen molar-refractivity contribution in [2.24, 2.45) is 5.41 Å². The normalized spacial score (nSPS) is 23.4. The van der Waals surface area contributed by atoms with Gasteiger partial charge in [-0.1, -0.05) is 12.0 Å². The Morgan fingerprint density at radius 3 is 2.53 bits per heavy atom. The van der Waals surface area contributed by atoms with E-state index in [-0.39, 0.29) is 56.7 Å². The van der Waals surface area contributed by atoms with Gasteiger partial charge in [-0.25, -0.2) is 13.2 Å². The number of rotatable bonds is 8. The van der Waals surface area contributed by atoms with E-state index in [0.717, 1.165) is 51.7 Å². The Morgan fingerprint density at radius 1 is 1.04 bits per heavy atom. The predicted octanol–water partition coefficient (Wildman–Crippen LogP) is 5.68. The molecule has 1 saturated carbocycles. The second-order valence-corrected chi connectivity index (χ2v) is 14.8. The molecule has 49 heavy (non-hydrogen) atoms. The summed E-state index contributed by atoms with van der Waals surface area (Å²) in [5.74, 6) is -0.0320. The number of hydrogen-bond acceptors (Lipinski definition) is 8. The number of likely N-dealkylation sites (N-methyl/N-ethyl adjacent to an activating group) is 1. The summed E-state index contributed by atoms with van der Waals surface area (Å²) in [5, 5.41) is 14.9. The van der Waals surface area contributed by atoms with E-state index >= 15 is 8.78 Å². The minimum absolute atomic E-state index is 0.0243. The highest BCUT2D eigenvalue weighted by Crippen LogP contribution is 2.47. The number of fused-ring (bicyclic) bond motifs is 4. The summed E-state index contributed by atoms with van der Waals surface area (Å²) in [6.45, 7) is 4.67. The number of nitrogens with zero attached hydrogens (tertiary/aromatic N) is 5. The summed E-state index contributed by atoms with van der Waals surface area (Å²) in [6.07, 6.45) is 12.1. The number of aromatic hydroxyl groups is 1. The molecule has 1 aromatic heterocycles. The maximum Gasteiger partial charge on any atom is 0.319 e. The number of aromatic nitrogens is 2. The minimum Gasteiger partial charge on any atom is -0.508 e. The number of phenols is 1. The molecule has 3 saturated heterocycles. The smallest absolute Gasteiger partial charge is 0.319 e. The molecule has 8 rings (SSSR count). The second kappa shape index (κ2) is 12.3. The number of piperazine rings is 1. The Hall–Kier alpha value is -4.11. The van der Waals surface area contributed by atoms with Crippen LogP contribution >= 0.6 is 0 Å². The molecule has 0 amide bonds. The molecule has 1 aliphatic carbocycles. The zero-order valence-corrected chi connectivity index (χ0v) is 27.9. The fraction of sp³-hybridized carbons (Fsp3) is 0.474. The fourth-order valence-electron chi connectivity index (χ4n) is 8.26. The third-order valence-corrected chi connectivity index (χ3v) is 11.1. The summed E-state index contributed by atoms with van der Waals surface area (Å²) in [5.41, 5.74) is -0.784. The van der Waals surface area contributed by atoms with Gasteiger partial charge in [0.15, 0.2) is 5.82 Å². The molecular weight excluding hydrogens is 629 g/mol. The number of terminal acetylenes is 1. The first-order valence-electron chi connectivity index (χ1n) is 17.3. The van der Waals surface area contributed by atoms with Crippen LogP contribution in [0.5, 0.6) is 11.8 Å². The van der Waals surface area contributed by atoms with Gasteiger partial charge in [0, 0.05) is 66.1 Å². The van der Waals surface area contributed by atoms with Gasteiger partial charge in [0.25, 0.3) is 0 Å². The Labute approximate surface area is 284 Å². The van der Waals surface area contributed by atoms with Crippen LogP contribution in [0.4, 0.5) is 19.0 Å². The first-order chi connectivity index (χ1) is 23.6. The number of anilines is 1. The maximum atomic E-state index is 16.9. The van der Waals surface area contributed by atoms with Crippen LogP contribution in [-0.4, -0.2) is 96.4 Å². The number of phenolic OH excluding ortho intramolecular Hbond substituents is 1. The van der Waals surface area contributed by atoms with Gasteiger partial charge in [-0.15, -0.1) is 6.42 Å². The summed E-state index contributed by atoms with van der Waals surface area (Å²) in [6, 6.07) is 7.51. The van der Waals surface area contributed by atoms with Crippen LogP contribution in [0.25, 0.3) is 32.8 Å². The number of ether oxygens (including phenoxy) is 1. The van der Waals surface area contributed by atoms with Gasteiger partial charge in [0.2, 0.25) is 0 Å².